The lowest BCUT2D eigenvalue weighted by atomic mass is 10.3. The third-order valence-corrected chi connectivity index (χ3v) is 3.60. The molecule has 0 radical (unpaired) electrons. The predicted molar refractivity (Wildman–Crippen MR) is 80.7 cm³/mol. The summed E-state index contributed by atoms with van der Waals surface area (Å²) in [6.45, 7) is 4.51. The van der Waals surface area contributed by atoms with Crippen LogP contribution in [0.5, 0.6) is 0 Å². The molecule has 2 rings (SSSR count). The Morgan fingerprint density at radius 2 is 1.90 bits per heavy atom. The molecule has 1 aromatic heterocycles. The van der Waals surface area contributed by atoms with Gasteiger partial charge in [0.1, 0.15) is 30.5 Å². The van der Waals surface area contributed by atoms with E-state index in [-0.39, 0.29) is 12.2 Å². The minimum absolute atomic E-state index is 0.0540. The topological polar surface area (TPSA) is 68.7 Å². The molecule has 0 spiro atoms. The lowest BCUT2D eigenvalue weighted by Gasteiger charge is -2.18. The maximum atomic E-state index is 5.47. The van der Waals surface area contributed by atoms with Crippen LogP contribution < -0.4 is 10.2 Å². The van der Waals surface area contributed by atoms with Gasteiger partial charge >= 0.3 is 0 Å². The van der Waals surface area contributed by atoms with Crippen molar-refractivity contribution >= 4 is 11.6 Å². The van der Waals surface area contributed by atoms with E-state index in [9.17, 15) is 0 Å². The van der Waals surface area contributed by atoms with Gasteiger partial charge in [0.2, 0.25) is 0 Å². The van der Waals surface area contributed by atoms with Crippen molar-refractivity contribution in [2.75, 3.05) is 51.2 Å². The van der Waals surface area contributed by atoms with Crippen LogP contribution in [0.2, 0.25) is 0 Å². The summed E-state index contributed by atoms with van der Waals surface area (Å²) in [6, 6.07) is 1.93. The van der Waals surface area contributed by atoms with E-state index in [4.69, 9.17) is 14.2 Å². The highest BCUT2D eigenvalue weighted by Crippen LogP contribution is 2.23. The lowest BCUT2D eigenvalue weighted by molar-refractivity contribution is -0.00461. The van der Waals surface area contributed by atoms with Crippen LogP contribution >= 0.6 is 0 Å². The first-order chi connectivity index (χ1) is 10.2. The lowest BCUT2D eigenvalue weighted by Crippen LogP contribution is -2.27. The fourth-order valence-corrected chi connectivity index (χ4v) is 2.41. The molecule has 1 aliphatic rings. The molecule has 7 heteroatoms. The molecule has 1 saturated heterocycles. The van der Waals surface area contributed by atoms with Crippen LogP contribution in [0.25, 0.3) is 0 Å². The van der Waals surface area contributed by atoms with Gasteiger partial charge in [0.15, 0.2) is 5.82 Å². The first-order valence-electron chi connectivity index (χ1n) is 7.15. The van der Waals surface area contributed by atoms with E-state index in [0.717, 1.165) is 24.7 Å². The average Bonchev–Trinajstić information content (AvgIpc) is 2.96. The molecule has 1 fully saturated rings. The van der Waals surface area contributed by atoms with E-state index in [1.54, 1.807) is 14.2 Å². The summed E-state index contributed by atoms with van der Waals surface area (Å²) in [4.78, 5) is 11.1. The standard InChI is InChI=1S/C14H24N4O3/c1-5-21-9-13-16-12(15-2)6-14(17-13)18-7-10(19-3)11(8-18)20-4/h6,10-11H,5,7-9H2,1-4H3,(H,15,16,17). The fourth-order valence-electron chi connectivity index (χ4n) is 2.41. The van der Waals surface area contributed by atoms with Crippen LogP contribution in [0.15, 0.2) is 6.07 Å². The molecule has 1 N–H and O–H groups in total. The Kier molecular flexibility index (Phi) is 5.72. The van der Waals surface area contributed by atoms with Gasteiger partial charge in [0, 0.05) is 47.0 Å². The van der Waals surface area contributed by atoms with E-state index >= 15 is 0 Å². The molecule has 7 nitrogen and oxygen atoms in total. The van der Waals surface area contributed by atoms with Crippen molar-refractivity contribution in [2.24, 2.45) is 0 Å². The van der Waals surface area contributed by atoms with Crippen molar-refractivity contribution in [2.45, 2.75) is 25.7 Å². The van der Waals surface area contributed by atoms with E-state index < -0.39 is 0 Å². The molecular formula is C14H24N4O3. The van der Waals surface area contributed by atoms with Crippen LogP contribution in [0, 0.1) is 0 Å². The molecule has 2 unspecified atom stereocenters. The Morgan fingerprint density at radius 3 is 2.43 bits per heavy atom. The van der Waals surface area contributed by atoms with Crippen LogP contribution in [-0.4, -0.2) is 63.1 Å². The van der Waals surface area contributed by atoms with Crippen LogP contribution in [0.4, 0.5) is 11.6 Å². The largest absolute Gasteiger partial charge is 0.377 e. The van der Waals surface area contributed by atoms with E-state index in [2.05, 4.69) is 20.2 Å². The number of nitrogens with zero attached hydrogens (tertiary/aromatic N) is 3. The Labute approximate surface area is 125 Å². The van der Waals surface area contributed by atoms with Crippen molar-refractivity contribution < 1.29 is 14.2 Å². The van der Waals surface area contributed by atoms with Gasteiger partial charge in [0.05, 0.1) is 0 Å². The Balaban J connectivity index is 2.18. The number of hydrogen-bond donors (Lipinski definition) is 1. The number of methoxy groups -OCH3 is 2. The van der Waals surface area contributed by atoms with Gasteiger partial charge in [0.25, 0.3) is 0 Å². The SMILES string of the molecule is CCOCc1nc(NC)cc(N2CC(OC)C(OC)C2)n1. The number of aromatic nitrogens is 2. The maximum Gasteiger partial charge on any atom is 0.158 e. The molecule has 118 valence electrons. The van der Waals surface area contributed by atoms with Crippen molar-refractivity contribution in [1.82, 2.24) is 9.97 Å². The molecule has 0 bridgehead atoms. The van der Waals surface area contributed by atoms with E-state index in [0.29, 0.717) is 19.0 Å². The molecule has 0 amide bonds. The number of rotatable bonds is 7. The highest BCUT2D eigenvalue weighted by Gasteiger charge is 2.33. The molecule has 2 atom stereocenters. The summed E-state index contributed by atoms with van der Waals surface area (Å²) >= 11 is 0. The second-order valence-electron chi connectivity index (χ2n) is 4.87. The second-order valence-corrected chi connectivity index (χ2v) is 4.87. The fraction of sp³-hybridized carbons (Fsp3) is 0.714. The van der Waals surface area contributed by atoms with E-state index in [1.807, 2.05) is 20.0 Å². The maximum absolute atomic E-state index is 5.47. The first kappa shape index (κ1) is 15.9. The predicted octanol–water partition coefficient (Wildman–Crippen LogP) is 0.905. The molecular weight excluding hydrogens is 272 g/mol. The quantitative estimate of drug-likeness (QED) is 0.802. The van der Waals surface area contributed by atoms with Crippen molar-refractivity contribution in [3.05, 3.63) is 11.9 Å². The Bertz CT molecular complexity index is 446. The highest BCUT2D eigenvalue weighted by atomic mass is 16.5. The number of nitrogens with one attached hydrogen (secondary N) is 1. The molecule has 1 aliphatic heterocycles. The van der Waals surface area contributed by atoms with Gasteiger partial charge in [-0.25, -0.2) is 9.97 Å². The zero-order chi connectivity index (χ0) is 15.2. The highest BCUT2D eigenvalue weighted by molar-refractivity contribution is 5.50. The number of anilines is 2. The molecule has 0 aromatic carbocycles. The summed E-state index contributed by atoms with van der Waals surface area (Å²) in [5.74, 6) is 2.32. The normalized spacial score (nSPS) is 21.8. The summed E-state index contributed by atoms with van der Waals surface area (Å²) in [5.41, 5.74) is 0. The zero-order valence-corrected chi connectivity index (χ0v) is 13.1. The minimum atomic E-state index is 0.0540. The van der Waals surface area contributed by atoms with Gasteiger partial charge in [-0.2, -0.15) is 0 Å². The molecule has 0 aliphatic carbocycles. The van der Waals surface area contributed by atoms with E-state index in [1.165, 1.54) is 0 Å². The van der Waals surface area contributed by atoms with Gasteiger partial charge in [-0.3, -0.25) is 0 Å². The number of ether oxygens (including phenoxy) is 3. The molecule has 21 heavy (non-hydrogen) atoms. The monoisotopic (exact) mass is 296 g/mol. The first-order valence-corrected chi connectivity index (χ1v) is 7.15. The molecule has 1 aromatic rings. The van der Waals surface area contributed by atoms with Crippen molar-refractivity contribution in [1.29, 1.82) is 0 Å². The van der Waals surface area contributed by atoms with Gasteiger partial charge in [-0.05, 0) is 6.92 Å². The van der Waals surface area contributed by atoms with Gasteiger partial charge in [-0.1, -0.05) is 0 Å². The van der Waals surface area contributed by atoms with Crippen LogP contribution in [0.3, 0.4) is 0 Å². The Hall–Kier alpha value is -1.44. The van der Waals surface area contributed by atoms with Crippen LogP contribution in [-0.2, 0) is 20.8 Å². The third-order valence-electron chi connectivity index (χ3n) is 3.60. The smallest absolute Gasteiger partial charge is 0.158 e. The second kappa shape index (κ2) is 7.53. The molecule has 0 saturated carbocycles. The van der Waals surface area contributed by atoms with Crippen molar-refractivity contribution in [3.8, 4) is 0 Å². The third kappa shape index (κ3) is 3.81. The number of hydrogen-bond acceptors (Lipinski definition) is 7. The summed E-state index contributed by atoms with van der Waals surface area (Å²) in [7, 11) is 5.26. The van der Waals surface area contributed by atoms with Crippen molar-refractivity contribution in [3.63, 3.8) is 0 Å². The Morgan fingerprint density at radius 1 is 1.24 bits per heavy atom. The van der Waals surface area contributed by atoms with Crippen LogP contribution in [0.1, 0.15) is 12.7 Å². The zero-order valence-electron chi connectivity index (χ0n) is 13.1. The van der Waals surface area contributed by atoms with Gasteiger partial charge < -0.3 is 24.4 Å². The summed E-state index contributed by atoms with van der Waals surface area (Å²) in [5, 5.41) is 3.06. The van der Waals surface area contributed by atoms with Gasteiger partial charge in [-0.15, -0.1) is 0 Å². The molecule has 2 heterocycles. The minimum Gasteiger partial charge on any atom is -0.377 e. The summed E-state index contributed by atoms with van der Waals surface area (Å²) < 4.78 is 16.3. The summed E-state index contributed by atoms with van der Waals surface area (Å²) in [6.07, 6.45) is 0.108. The average molecular weight is 296 g/mol.